The van der Waals surface area contributed by atoms with Crippen molar-refractivity contribution in [2.24, 2.45) is 0 Å². The first-order valence-corrected chi connectivity index (χ1v) is 8.34. The summed E-state index contributed by atoms with van der Waals surface area (Å²) in [5, 5.41) is 1.86. The van der Waals surface area contributed by atoms with E-state index in [9.17, 15) is 8.42 Å². The van der Waals surface area contributed by atoms with Crippen LogP contribution in [-0.4, -0.2) is 38.0 Å². The first-order chi connectivity index (χ1) is 9.37. The molecule has 1 aliphatic rings. The molecule has 1 heterocycles. The first-order valence-electron chi connectivity index (χ1n) is 6.46. The fraction of sp³-hybridized carbons (Fsp3) is 0.429. The van der Waals surface area contributed by atoms with E-state index in [1.54, 1.807) is 30.3 Å². The van der Waals surface area contributed by atoms with E-state index < -0.39 is 10.0 Å². The highest BCUT2D eigenvalue weighted by atomic mass is 35.5. The molecule has 1 aromatic rings. The van der Waals surface area contributed by atoms with Gasteiger partial charge in [0.05, 0.1) is 12.2 Å². The molecule has 20 heavy (non-hydrogen) atoms. The Morgan fingerprint density at radius 2 is 1.75 bits per heavy atom. The number of sulfonamides is 1. The quantitative estimate of drug-likeness (QED) is 0.861. The van der Waals surface area contributed by atoms with Gasteiger partial charge in [-0.25, -0.2) is 8.42 Å². The van der Waals surface area contributed by atoms with Crippen LogP contribution in [0.2, 0.25) is 5.02 Å². The summed E-state index contributed by atoms with van der Waals surface area (Å²) in [5.74, 6) is 0. The minimum Gasteiger partial charge on any atom is -0.373 e. The van der Waals surface area contributed by atoms with E-state index in [1.165, 1.54) is 9.71 Å². The molecule has 110 valence electrons. The maximum absolute atomic E-state index is 12.3. The predicted molar refractivity (Wildman–Crippen MR) is 81.0 cm³/mol. The smallest absolute Gasteiger partial charge is 0.236 e. The largest absolute Gasteiger partial charge is 0.373 e. The third kappa shape index (κ3) is 4.06. The van der Waals surface area contributed by atoms with Crippen molar-refractivity contribution in [3.63, 3.8) is 0 Å². The lowest BCUT2D eigenvalue weighted by atomic mass is 10.2. The Balaban J connectivity index is 2.12. The van der Waals surface area contributed by atoms with Crippen molar-refractivity contribution in [1.82, 2.24) is 4.31 Å². The van der Waals surface area contributed by atoms with Crippen LogP contribution in [0.4, 0.5) is 0 Å². The van der Waals surface area contributed by atoms with Crippen LogP contribution >= 0.6 is 11.6 Å². The lowest BCUT2D eigenvalue weighted by Crippen LogP contribution is -2.47. The molecule has 2 unspecified atom stereocenters. The zero-order chi connectivity index (χ0) is 14.8. The van der Waals surface area contributed by atoms with E-state index >= 15 is 0 Å². The lowest BCUT2D eigenvalue weighted by Gasteiger charge is -2.33. The third-order valence-corrected chi connectivity index (χ3v) is 4.80. The highest BCUT2D eigenvalue weighted by Gasteiger charge is 2.29. The normalized spacial score (nSPS) is 25.1. The molecule has 0 aliphatic carbocycles. The Bertz CT molecular complexity index is 573. The van der Waals surface area contributed by atoms with Gasteiger partial charge in [-0.2, -0.15) is 4.31 Å². The number of benzene rings is 1. The summed E-state index contributed by atoms with van der Waals surface area (Å²) >= 11 is 5.79. The molecule has 0 bridgehead atoms. The molecule has 1 aliphatic heterocycles. The molecule has 0 amide bonds. The van der Waals surface area contributed by atoms with Gasteiger partial charge in [0, 0.05) is 23.5 Å². The minimum atomic E-state index is -3.42. The van der Waals surface area contributed by atoms with E-state index in [4.69, 9.17) is 16.3 Å². The average Bonchev–Trinajstić information content (AvgIpc) is 2.37. The fourth-order valence-corrected chi connectivity index (χ4v) is 3.63. The second-order valence-electron chi connectivity index (χ2n) is 4.97. The third-order valence-electron chi connectivity index (χ3n) is 3.05. The molecule has 1 aromatic carbocycles. The van der Waals surface area contributed by atoms with Crippen LogP contribution in [0.5, 0.6) is 0 Å². The summed E-state index contributed by atoms with van der Waals surface area (Å²) in [4.78, 5) is 0. The Morgan fingerprint density at radius 3 is 2.30 bits per heavy atom. The van der Waals surface area contributed by atoms with Gasteiger partial charge in [0.1, 0.15) is 0 Å². The van der Waals surface area contributed by atoms with Crippen LogP contribution in [-0.2, 0) is 14.8 Å². The second-order valence-corrected chi connectivity index (χ2v) is 7.23. The van der Waals surface area contributed by atoms with Gasteiger partial charge in [-0.05, 0) is 37.6 Å². The average molecular weight is 316 g/mol. The zero-order valence-corrected chi connectivity index (χ0v) is 13.1. The number of nitrogens with zero attached hydrogens (tertiary/aromatic N) is 1. The summed E-state index contributed by atoms with van der Waals surface area (Å²) < 4.78 is 31.5. The number of hydrogen-bond donors (Lipinski definition) is 0. The first kappa shape index (κ1) is 15.5. The van der Waals surface area contributed by atoms with Crippen LogP contribution in [0.15, 0.2) is 29.7 Å². The van der Waals surface area contributed by atoms with E-state index in [2.05, 4.69) is 0 Å². The van der Waals surface area contributed by atoms with Gasteiger partial charge in [-0.3, -0.25) is 0 Å². The van der Waals surface area contributed by atoms with Crippen molar-refractivity contribution in [2.75, 3.05) is 13.1 Å². The molecule has 0 aromatic heterocycles. The molecule has 0 spiro atoms. The summed E-state index contributed by atoms with van der Waals surface area (Å²) in [7, 11) is -3.42. The Hall–Kier alpha value is -0.880. The van der Waals surface area contributed by atoms with Crippen molar-refractivity contribution in [3.05, 3.63) is 40.3 Å². The van der Waals surface area contributed by atoms with E-state index in [0.29, 0.717) is 18.1 Å². The predicted octanol–water partition coefficient (Wildman–Crippen LogP) is 2.75. The SMILES string of the molecule is CC1CN(S(=O)(=O)/C=C/c2ccc(Cl)cc2)CC(C)O1. The summed E-state index contributed by atoms with van der Waals surface area (Å²) in [6.07, 6.45) is 1.41. The maximum Gasteiger partial charge on any atom is 0.236 e. The van der Waals surface area contributed by atoms with Gasteiger partial charge >= 0.3 is 0 Å². The Kier molecular flexibility index (Phi) is 4.86. The fourth-order valence-electron chi connectivity index (χ4n) is 2.16. The number of halogens is 1. The molecule has 0 saturated carbocycles. The number of morpholine rings is 1. The molecule has 1 saturated heterocycles. The molecule has 1 fully saturated rings. The van der Waals surface area contributed by atoms with E-state index in [1.807, 2.05) is 13.8 Å². The van der Waals surface area contributed by atoms with Crippen LogP contribution in [0, 0.1) is 0 Å². The molecule has 4 nitrogen and oxygen atoms in total. The standard InChI is InChI=1S/C14H18ClNO3S/c1-11-9-16(10-12(2)19-11)20(17,18)8-7-13-3-5-14(15)6-4-13/h3-8,11-12H,9-10H2,1-2H3/b8-7+. The molecule has 2 rings (SSSR count). The molecular weight excluding hydrogens is 298 g/mol. The number of ether oxygens (including phenoxy) is 1. The van der Waals surface area contributed by atoms with Crippen molar-refractivity contribution in [1.29, 1.82) is 0 Å². The van der Waals surface area contributed by atoms with E-state index in [-0.39, 0.29) is 12.2 Å². The monoisotopic (exact) mass is 315 g/mol. The van der Waals surface area contributed by atoms with Gasteiger partial charge in [0.15, 0.2) is 0 Å². The summed E-state index contributed by atoms with van der Waals surface area (Å²) in [6, 6.07) is 7.01. The van der Waals surface area contributed by atoms with Gasteiger partial charge in [-0.1, -0.05) is 23.7 Å². The lowest BCUT2D eigenvalue weighted by molar-refractivity contribution is -0.0437. The molecule has 0 N–H and O–H groups in total. The minimum absolute atomic E-state index is 0.0857. The van der Waals surface area contributed by atoms with E-state index in [0.717, 1.165) is 5.56 Å². The van der Waals surface area contributed by atoms with Gasteiger partial charge in [0.25, 0.3) is 0 Å². The Labute approximate surface area is 125 Å². The summed E-state index contributed by atoms with van der Waals surface area (Å²) in [6.45, 7) is 4.53. The maximum atomic E-state index is 12.3. The summed E-state index contributed by atoms with van der Waals surface area (Å²) in [5.41, 5.74) is 0.798. The van der Waals surface area contributed by atoms with Crippen molar-refractivity contribution < 1.29 is 13.2 Å². The van der Waals surface area contributed by atoms with Gasteiger partial charge < -0.3 is 4.74 Å². The molecular formula is C14H18ClNO3S. The Morgan fingerprint density at radius 1 is 1.20 bits per heavy atom. The van der Waals surface area contributed by atoms with Crippen molar-refractivity contribution in [2.45, 2.75) is 26.1 Å². The second kappa shape index (κ2) is 6.26. The topological polar surface area (TPSA) is 46.6 Å². The van der Waals surface area contributed by atoms with Gasteiger partial charge in [0.2, 0.25) is 10.0 Å². The zero-order valence-electron chi connectivity index (χ0n) is 11.5. The van der Waals surface area contributed by atoms with Crippen molar-refractivity contribution in [3.8, 4) is 0 Å². The molecule has 0 radical (unpaired) electrons. The van der Waals surface area contributed by atoms with Crippen molar-refractivity contribution >= 4 is 27.7 Å². The van der Waals surface area contributed by atoms with Crippen LogP contribution in [0.3, 0.4) is 0 Å². The van der Waals surface area contributed by atoms with Crippen LogP contribution < -0.4 is 0 Å². The number of rotatable bonds is 3. The molecule has 2 atom stereocenters. The highest BCUT2D eigenvalue weighted by Crippen LogP contribution is 2.17. The highest BCUT2D eigenvalue weighted by molar-refractivity contribution is 7.92. The van der Waals surface area contributed by atoms with Crippen LogP contribution in [0.1, 0.15) is 19.4 Å². The molecule has 6 heteroatoms. The van der Waals surface area contributed by atoms with Crippen LogP contribution in [0.25, 0.3) is 6.08 Å². The number of hydrogen-bond acceptors (Lipinski definition) is 3. The van der Waals surface area contributed by atoms with Gasteiger partial charge in [-0.15, -0.1) is 0 Å².